The summed E-state index contributed by atoms with van der Waals surface area (Å²) in [7, 11) is 0. The number of carboxylic acid groups (broad SMARTS) is 1. The summed E-state index contributed by atoms with van der Waals surface area (Å²) in [4.78, 5) is 23.3. The van der Waals surface area contributed by atoms with Gasteiger partial charge in [0, 0.05) is 24.0 Å². The largest absolute Gasteiger partial charge is 0.475 e. The van der Waals surface area contributed by atoms with Crippen LogP contribution in [0.3, 0.4) is 0 Å². The van der Waals surface area contributed by atoms with Crippen molar-refractivity contribution in [2.75, 3.05) is 6.54 Å². The van der Waals surface area contributed by atoms with Crippen LogP contribution >= 0.6 is 0 Å². The van der Waals surface area contributed by atoms with Gasteiger partial charge in [-0.15, -0.1) is 0 Å². The first-order valence-corrected chi connectivity index (χ1v) is 7.90. The first kappa shape index (κ1) is 16.7. The lowest BCUT2D eigenvalue weighted by molar-refractivity contribution is -0.120. The van der Waals surface area contributed by atoms with Gasteiger partial charge in [-0.25, -0.2) is 4.79 Å². The number of fused-ring (bicyclic) bond motifs is 1. The van der Waals surface area contributed by atoms with Gasteiger partial charge in [-0.05, 0) is 11.6 Å². The molecule has 0 spiro atoms. The molecule has 0 fully saturated rings. The van der Waals surface area contributed by atoms with E-state index in [0.29, 0.717) is 17.7 Å². The third-order valence-corrected chi connectivity index (χ3v) is 3.81. The zero-order valence-corrected chi connectivity index (χ0v) is 13.5. The zero-order valence-electron chi connectivity index (χ0n) is 13.5. The van der Waals surface area contributed by atoms with Gasteiger partial charge in [-0.1, -0.05) is 48.5 Å². The highest BCUT2D eigenvalue weighted by atomic mass is 16.4. The van der Waals surface area contributed by atoms with Crippen LogP contribution in [0.15, 0.2) is 59.0 Å². The number of aromatic carboxylic acids is 1. The quantitative estimate of drug-likeness (QED) is 0.616. The molecule has 0 radical (unpaired) electrons. The maximum absolute atomic E-state index is 11.9. The Labute approximate surface area is 144 Å². The van der Waals surface area contributed by atoms with E-state index in [0.717, 1.165) is 10.9 Å². The minimum absolute atomic E-state index is 0.0887. The van der Waals surface area contributed by atoms with Crippen molar-refractivity contribution < 1.29 is 19.1 Å². The molecule has 2 aromatic carbocycles. The Kier molecular flexibility index (Phi) is 5.11. The fourth-order valence-corrected chi connectivity index (χ4v) is 2.61. The number of nitrogens with one attached hydrogen (secondary N) is 2. The molecule has 0 unspecified atom stereocenters. The Morgan fingerprint density at radius 2 is 1.68 bits per heavy atom. The number of carbonyl (C=O) groups is 2. The summed E-state index contributed by atoms with van der Waals surface area (Å²) in [6, 6.07) is 16.7. The second-order valence-corrected chi connectivity index (χ2v) is 5.58. The predicted molar refractivity (Wildman–Crippen MR) is 93.2 cm³/mol. The van der Waals surface area contributed by atoms with Gasteiger partial charge in [0.05, 0.1) is 6.54 Å². The number of rotatable bonds is 7. The smallest absolute Gasteiger partial charge is 0.372 e. The molecule has 6 nitrogen and oxygen atoms in total. The number of amides is 1. The van der Waals surface area contributed by atoms with Gasteiger partial charge in [0.25, 0.3) is 0 Å². The average molecular weight is 338 g/mol. The SMILES string of the molecule is O=C(CNCc1c(C(=O)O)oc2ccccc12)NCc1ccccc1. The highest BCUT2D eigenvalue weighted by Gasteiger charge is 2.19. The minimum Gasteiger partial charge on any atom is -0.475 e. The van der Waals surface area contributed by atoms with E-state index in [1.165, 1.54) is 0 Å². The second kappa shape index (κ2) is 7.63. The van der Waals surface area contributed by atoms with E-state index in [1.54, 1.807) is 18.2 Å². The van der Waals surface area contributed by atoms with Gasteiger partial charge in [-0.3, -0.25) is 4.79 Å². The summed E-state index contributed by atoms with van der Waals surface area (Å²) in [6.07, 6.45) is 0. The monoisotopic (exact) mass is 338 g/mol. The molecule has 1 aromatic heterocycles. The molecule has 0 aliphatic carbocycles. The number of benzene rings is 2. The zero-order chi connectivity index (χ0) is 17.6. The summed E-state index contributed by atoms with van der Waals surface area (Å²) >= 11 is 0. The lowest BCUT2D eigenvalue weighted by Gasteiger charge is -2.07. The maximum atomic E-state index is 11.9. The fourth-order valence-electron chi connectivity index (χ4n) is 2.61. The van der Waals surface area contributed by atoms with Gasteiger partial charge in [0.2, 0.25) is 11.7 Å². The fraction of sp³-hybridized carbons (Fsp3) is 0.158. The average Bonchev–Trinajstić information content (AvgIpc) is 3.00. The van der Waals surface area contributed by atoms with Crippen LogP contribution in [-0.2, 0) is 17.9 Å². The summed E-state index contributed by atoms with van der Waals surface area (Å²) in [6.45, 7) is 0.777. The molecular weight excluding hydrogens is 320 g/mol. The van der Waals surface area contributed by atoms with E-state index in [2.05, 4.69) is 10.6 Å². The Morgan fingerprint density at radius 1 is 0.960 bits per heavy atom. The van der Waals surface area contributed by atoms with Crippen molar-refractivity contribution in [3.8, 4) is 0 Å². The van der Waals surface area contributed by atoms with E-state index < -0.39 is 5.97 Å². The van der Waals surface area contributed by atoms with Gasteiger partial charge in [0.1, 0.15) is 5.58 Å². The Balaban J connectivity index is 1.58. The Morgan fingerprint density at radius 3 is 2.44 bits per heavy atom. The van der Waals surface area contributed by atoms with E-state index in [-0.39, 0.29) is 24.8 Å². The lowest BCUT2D eigenvalue weighted by atomic mass is 10.1. The van der Waals surface area contributed by atoms with Crippen molar-refractivity contribution in [3.05, 3.63) is 71.5 Å². The van der Waals surface area contributed by atoms with E-state index in [1.807, 2.05) is 36.4 Å². The molecule has 0 aliphatic rings. The van der Waals surface area contributed by atoms with Gasteiger partial charge in [0.15, 0.2) is 0 Å². The van der Waals surface area contributed by atoms with Crippen LogP contribution in [0.4, 0.5) is 0 Å². The molecule has 128 valence electrons. The summed E-state index contributed by atoms with van der Waals surface area (Å²) in [5, 5.41) is 15.8. The first-order valence-electron chi connectivity index (χ1n) is 7.90. The molecule has 3 rings (SSSR count). The summed E-state index contributed by atoms with van der Waals surface area (Å²) in [5.41, 5.74) is 2.08. The molecule has 3 aromatic rings. The van der Waals surface area contributed by atoms with E-state index in [4.69, 9.17) is 4.42 Å². The summed E-state index contributed by atoms with van der Waals surface area (Å²) in [5.74, 6) is -1.38. The first-order chi connectivity index (χ1) is 12.1. The van der Waals surface area contributed by atoms with Crippen molar-refractivity contribution in [2.45, 2.75) is 13.1 Å². The van der Waals surface area contributed by atoms with Crippen LogP contribution in [-0.4, -0.2) is 23.5 Å². The molecule has 25 heavy (non-hydrogen) atoms. The lowest BCUT2D eigenvalue weighted by Crippen LogP contribution is -2.33. The van der Waals surface area contributed by atoms with Crippen LogP contribution in [0.25, 0.3) is 11.0 Å². The third kappa shape index (κ3) is 4.05. The minimum atomic E-state index is -1.12. The molecule has 0 bridgehead atoms. The maximum Gasteiger partial charge on any atom is 0.372 e. The van der Waals surface area contributed by atoms with Crippen molar-refractivity contribution in [1.29, 1.82) is 0 Å². The Bertz CT molecular complexity index is 887. The van der Waals surface area contributed by atoms with E-state index >= 15 is 0 Å². The number of hydrogen-bond acceptors (Lipinski definition) is 4. The summed E-state index contributed by atoms with van der Waals surface area (Å²) < 4.78 is 5.38. The van der Waals surface area contributed by atoms with Gasteiger partial charge >= 0.3 is 5.97 Å². The van der Waals surface area contributed by atoms with Crippen LogP contribution in [0.1, 0.15) is 21.7 Å². The molecule has 0 atom stereocenters. The topological polar surface area (TPSA) is 91.6 Å². The third-order valence-electron chi connectivity index (χ3n) is 3.81. The molecule has 0 aliphatic heterocycles. The normalized spacial score (nSPS) is 10.7. The Hall–Kier alpha value is -3.12. The predicted octanol–water partition coefficient (Wildman–Crippen LogP) is 2.54. The van der Waals surface area contributed by atoms with Gasteiger partial charge in [-0.2, -0.15) is 0 Å². The molecule has 0 saturated carbocycles. The molecular formula is C19H18N2O4. The highest BCUT2D eigenvalue weighted by Crippen LogP contribution is 2.25. The van der Waals surface area contributed by atoms with E-state index in [9.17, 15) is 14.7 Å². The molecule has 6 heteroatoms. The number of hydrogen-bond donors (Lipinski definition) is 3. The van der Waals surface area contributed by atoms with Crippen LogP contribution in [0, 0.1) is 0 Å². The van der Waals surface area contributed by atoms with Crippen LogP contribution < -0.4 is 10.6 Å². The molecule has 3 N–H and O–H groups in total. The number of furan rings is 1. The number of para-hydroxylation sites is 1. The molecule has 1 heterocycles. The molecule has 1 amide bonds. The van der Waals surface area contributed by atoms with Crippen LogP contribution in [0.2, 0.25) is 0 Å². The number of carboxylic acids is 1. The second-order valence-electron chi connectivity index (χ2n) is 5.58. The van der Waals surface area contributed by atoms with Crippen LogP contribution in [0.5, 0.6) is 0 Å². The van der Waals surface area contributed by atoms with Crippen molar-refractivity contribution in [2.24, 2.45) is 0 Å². The van der Waals surface area contributed by atoms with Crippen molar-refractivity contribution in [3.63, 3.8) is 0 Å². The number of carbonyl (C=O) groups excluding carboxylic acids is 1. The molecule has 0 saturated heterocycles. The van der Waals surface area contributed by atoms with Gasteiger partial charge < -0.3 is 20.2 Å². The standard InChI is InChI=1S/C19H18N2O4/c22-17(21-10-13-6-2-1-3-7-13)12-20-11-15-14-8-4-5-9-16(14)25-18(15)19(23)24/h1-9,20H,10-12H2,(H,21,22)(H,23,24). The van der Waals surface area contributed by atoms with Crippen molar-refractivity contribution in [1.82, 2.24) is 10.6 Å². The highest BCUT2D eigenvalue weighted by molar-refractivity contribution is 5.95. The van der Waals surface area contributed by atoms with Crippen molar-refractivity contribution >= 4 is 22.8 Å².